The highest BCUT2D eigenvalue weighted by Crippen LogP contribution is 2.28. The minimum Gasteiger partial charge on any atom is -0.268 e. The second-order valence-corrected chi connectivity index (χ2v) is 8.78. The van der Waals surface area contributed by atoms with Crippen molar-refractivity contribution in [1.29, 1.82) is 0 Å². The number of amides is 1. The number of hydrogen-bond donors (Lipinski definition) is 0. The molecule has 0 aliphatic heterocycles. The van der Waals surface area contributed by atoms with E-state index in [1.165, 1.54) is 12.1 Å². The SMILES string of the molecule is Cc1ccc(N(C(=O)c2c(C)cc(C)cc2C)S(=O)(=O)c2ccccc2)cc1. The van der Waals surface area contributed by atoms with Gasteiger partial charge in [0.2, 0.25) is 0 Å². The highest BCUT2D eigenvalue weighted by molar-refractivity contribution is 7.93. The van der Waals surface area contributed by atoms with Gasteiger partial charge in [-0.2, -0.15) is 4.31 Å². The molecule has 0 N–H and O–H groups in total. The van der Waals surface area contributed by atoms with Crippen LogP contribution in [0.2, 0.25) is 0 Å². The first-order valence-electron chi connectivity index (χ1n) is 9.01. The molecule has 0 unspecified atom stereocenters. The largest absolute Gasteiger partial charge is 0.272 e. The monoisotopic (exact) mass is 393 g/mol. The van der Waals surface area contributed by atoms with E-state index in [1.54, 1.807) is 42.5 Å². The van der Waals surface area contributed by atoms with Crippen molar-refractivity contribution in [2.75, 3.05) is 4.31 Å². The summed E-state index contributed by atoms with van der Waals surface area (Å²) in [6, 6.07) is 18.7. The van der Waals surface area contributed by atoms with Gasteiger partial charge < -0.3 is 0 Å². The lowest BCUT2D eigenvalue weighted by molar-refractivity contribution is 0.100. The molecule has 3 aromatic rings. The van der Waals surface area contributed by atoms with Gasteiger partial charge >= 0.3 is 0 Å². The van der Waals surface area contributed by atoms with Crippen LogP contribution in [0.15, 0.2) is 71.6 Å². The van der Waals surface area contributed by atoms with E-state index in [2.05, 4.69) is 0 Å². The number of carbonyl (C=O) groups is 1. The fraction of sp³-hybridized carbons (Fsp3) is 0.174. The molecular weight excluding hydrogens is 370 g/mol. The van der Waals surface area contributed by atoms with Crippen molar-refractivity contribution < 1.29 is 13.2 Å². The minimum absolute atomic E-state index is 0.0753. The Morgan fingerprint density at radius 1 is 0.750 bits per heavy atom. The lowest BCUT2D eigenvalue weighted by Crippen LogP contribution is -2.37. The average Bonchev–Trinajstić information content (AvgIpc) is 2.63. The van der Waals surface area contributed by atoms with Crippen LogP contribution in [0.25, 0.3) is 0 Å². The number of nitrogens with zero attached hydrogens (tertiary/aromatic N) is 1. The predicted octanol–water partition coefficient (Wildman–Crippen LogP) is 4.96. The Morgan fingerprint density at radius 2 is 1.29 bits per heavy atom. The number of hydrogen-bond acceptors (Lipinski definition) is 3. The summed E-state index contributed by atoms with van der Waals surface area (Å²) >= 11 is 0. The van der Waals surface area contributed by atoms with Gasteiger partial charge in [0.1, 0.15) is 0 Å². The summed E-state index contributed by atoms with van der Waals surface area (Å²) in [7, 11) is -4.07. The maximum Gasteiger partial charge on any atom is 0.272 e. The summed E-state index contributed by atoms with van der Waals surface area (Å²) in [5, 5.41) is 0. The molecule has 0 radical (unpaired) electrons. The molecule has 0 aliphatic rings. The third-order valence-electron chi connectivity index (χ3n) is 4.63. The van der Waals surface area contributed by atoms with Crippen molar-refractivity contribution in [3.63, 3.8) is 0 Å². The molecule has 0 aromatic heterocycles. The summed E-state index contributed by atoms with van der Waals surface area (Å²) in [5.41, 5.74) is 4.24. The van der Waals surface area contributed by atoms with Gasteiger partial charge in [-0.25, -0.2) is 8.42 Å². The summed E-state index contributed by atoms with van der Waals surface area (Å²) in [6.07, 6.45) is 0. The predicted molar refractivity (Wildman–Crippen MR) is 112 cm³/mol. The first-order chi connectivity index (χ1) is 13.2. The van der Waals surface area contributed by atoms with Crippen LogP contribution in [0, 0.1) is 27.7 Å². The van der Waals surface area contributed by atoms with Gasteiger partial charge in [0.15, 0.2) is 0 Å². The van der Waals surface area contributed by atoms with Gasteiger partial charge in [0, 0.05) is 5.56 Å². The van der Waals surface area contributed by atoms with Crippen molar-refractivity contribution in [2.45, 2.75) is 32.6 Å². The van der Waals surface area contributed by atoms with Crippen LogP contribution in [0.5, 0.6) is 0 Å². The maximum atomic E-state index is 13.5. The van der Waals surface area contributed by atoms with E-state index in [0.717, 1.165) is 26.6 Å². The van der Waals surface area contributed by atoms with Gasteiger partial charge in [-0.05, 0) is 63.1 Å². The van der Waals surface area contributed by atoms with Gasteiger partial charge in [0.05, 0.1) is 10.6 Å². The van der Waals surface area contributed by atoms with Crippen LogP contribution < -0.4 is 4.31 Å². The molecule has 0 aliphatic carbocycles. The van der Waals surface area contributed by atoms with Gasteiger partial charge in [-0.3, -0.25) is 4.79 Å². The lowest BCUT2D eigenvalue weighted by Gasteiger charge is -2.24. The number of rotatable bonds is 4. The standard InChI is InChI=1S/C23H23NO3S/c1-16-10-12-20(13-11-16)24(28(26,27)21-8-6-5-7-9-21)23(25)22-18(3)14-17(2)15-19(22)4/h5-15H,1-4H3. The smallest absolute Gasteiger partial charge is 0.268 e. The molecule has 0 bridgehead atoms. The van der Waals surface area contributed by atoms with Crippen LogP contribution in [0.1, 0.15) is 32.6 Å². The normalized spacial score (nSPS) is 11.3. The second kappa shape index (κ2) is 7.60. The lowest BCUT2D eigenvalue weighted by atomic mass is 9.99. The van der Waals surface area contributed by atoms with Crippen LogP contribution in [-0.4, -0.2) is 14.3 Å². The molecule has 0 heterocycles. The molecule has 144 valence electrons. The Labute approximate surface area is 166 Å². The molecule has 4 nitrogen and oxygen atoms in total. The molecule has 0 fully saturated rings. The van der Waals surface area contributed by atoms with E-state index in [0.29, 0.717) is 11.3 Å². The number of carbonyl (C=O) groups excluding carboxylic acids is 1. The van der Waals surface area contributed by atoms with E-state index in [1.807, 2.05) is 39.8 Å². The second-order valence-electron chi connectivity index (χ2n) is 7.00. The molecule has 1 amide bonds. The van der Waals surface area contributed by atoms with E-state index in [9.17, 15) is 13.2 Å². The molecule has 0 atom stereocenters. The Balaban J connectivity index is 2.23. The summed E-state index contributed by atoms with van der Waals surface area (Å²) in [6.45, 7) is 7.52. The van der Waals surface area contributed by atoms with Gasteiger partial charge in [-0.1, -0.05) is 53.6 Å². The Hall–Kier alpha value is -2.92. The van der Waals surface area contributed by atoms with Crippen LogP contribution >= 0.6 is 0 Å². The van der Waals surface area contributed by atoms with Crippen LogP contribution in [0.3, 0.4) is 0 Å². The maximum absolute atomic E-state index is 13.5. The summed E-state index contributed by atoms with van der Waals surface area (Å²) in [5.74, 6) is -0.553. The Morgan fingerprint density at radius 3 is 1.82 bits per heavy atom. The number of anilines is 1. The fourth-order valence-electron chi connectivity index (χ4n) is 3.36. The van der Waals surface area contributed by atoms with Crippen molar-refractivity contribution >= 4 is 21.6 Å². The first kappa shape index (κ1) is 19.8. The number of sulfonamides is 1. The average molecular weight is 394 g/mol. The number of benzene rings is 3. The van der Waals surface area contributed by atoms with Crippen molar-refractivity contribution in [3.8, 4) is 0 Å². The molecule has 28 heavy (non-hydrogen) atoms. The highest BCUT2D eigenvalue weighted by Gasteiger charge is 2.33. The zero-order valence-electron chi connectivity index (χ0n) is 16.4. The molecule has 0 saturated carbocycles. The quantitative estimate of drug-likeness (QED) is 0.630. The first-order valence-corrected chi connectivity index (χ1v) is 10.4. The van der Waals surface area contributed by atoms with E-state index in [-0.39, 0.29) is 4.90 Å². The Kier molecular flexibility index (Phi) is 5.38. The zero-order chi connectivity index (χ0) is 20.5. The van der Waals surface area contributed by atoms with Crippen molar-refractivity contribution in [2.24, 2.45) is 0 Å². The van der Waals surface area contributed by atoms with Crippen molar-refractivity contribution in [1.82, 2.24) is 0 Å². The summed E-state index contributed by atoms with van der Waals surface area (Å²) in [4.78, 5) is 13.6. The number of aryl methyl sites for hydroxylation is 4. The van der Waals surface area contributed by atoms with Crippen LogP contribution in [-0.2, 0) is 10.0 Å². The van der Waals surface area contributed by atoms with E-state index >= 15 is 0 Å². The zero-order valence-corrected chi connectivity index (χ0v) is 17.2. The van der Waals surface area contributed by atoms with Gasteiger partial charge in [0.25, 0.3) is 15.9 Å². The highest BCUT2D eigenvalue weighted by atomic mass is 32.2. The summed E-state index contributed by atoms with van der Waals surface area (Å²) < 4.78 is 27.8. The third kappa shape index (κ3) is 3.71. The molecule has 3 rings (SSSR count). The topological polar surface area (TPSA) is 54.5 Å². The van der Waals surface area contributed by atoms with Crippen molar-refractivity contribution in [3.05, 3.63) is 94.5 Å². The van der Waals surface area contributed by atoms with Gasteiger partial charge in [-0.15, -0.1) is 0 Å². The molecule has 3 aromatic carbocycles. The van der Waals surface area contributed by atoms with E-state index < -0.39 is 15.9 Å². The molecule has 0 spiro atoms. The van der Waals surface area contributed by atoms with Crippen LogP contribution in [0.4, 0.5) is 5.69 Å². The molecule has 0 saturated heterocycles. The Bertz CT molecular complexity index is 1100. The third-order valence-corrected chi connectivity index (χ3v) is 6.35. The fourth-order valence-corrected chi connectivity index (χ4v) is 4.78. The molecular formula is C23H23NO3S. The molecule has 5 heteroatoms. The van der Waals surface area contributed by atoms with E-state index in [4.69, 9.17) is 0 Å². The minimum atomic E-state index is -4.07.